The molecule has 2 rings (SSSR count). The van der Waals surface area contributed by atoms with Crippen molar-refractivity contribution in [1.82, 2.24) is 9.97 Å². The summed E-state index contributed by atoms with van der Waals surface area (Å²) in [5, 5.41) is 2.93. The number of ether oxygens (including phenoxy) is 1. The fourth-order valence-electron chi connectivity index (χ4n) is 1.96. The first-order valence-corrected chi connectivity index (χ1v) is 7.32. The molecule has 0 saturated heterocycles. The fraction of sp³-hybridized carbons (Fsp3) is 0.312. The van der Waals surface area contributed by atoms with Crippen molar-refractivity contribution < 1.29 is 13.9 Å². The summed E-state index contributed by atoms with van der Waals surface area (Å²) in [7, 11) is 0. The van der Waals surface area contributed by atoms with Gasteiger partial charge >= 0.3 is 0 Å². The summed E-state index contributed by atoms with van der Waals surface area (Å²) in [6.07, 6.45) is 2.29. The number of amides is 1. The molecule has 0 aliphatic heterocycles. The second-order valence-electron chi connectivity index (χ2n) is 5.18. The molecule has 7 heteroatoms. The van der Waals surface area contributed by atoms with Gasteiger partial charge in [0.1, 0.15) is 17.6 Å². The van der Waals surface area contributed by atoms with Crippen LogP contribution in [-0.4, -0.2) is 21.9 Å². The largest absolute Gasteiger partial charge is 0.439 e. The number of benzene rings is 1. The minimum Gasteiger partial charge on any atom is -0.439 e. The third-order valence-electron chi connectivity index (χ3n) is 3.47. The van der Waals surface area contributed by atoms with Crippen LogP contribution in [-0.2, 0) is 4.79 Å². The SMILES string of the molecule is CCC(C)C(Nc1nccc(Oc2ccc(F)cc2)n1)C(N)=O. The van der Waals surface area contributed by atoms with E-state index < -0.39 is 11.9 Å². The summed E-state index contributed by atoms with van der Waals surface area (Å²) in [4.78, 5) is 19.8. The molecule has 2 unspecified atom stereocenters. The average Bonchev–Trinajstić information content (AvgIpc) is 2.54. The van der Waals surface area contributed by atoms with Gasteiger partial charge in [0.25, 0.3) is 0 Å². The van der Waals surface area contributed by atoms with Crippen LogP contribution in [0.3, 0.4) is 0 Å². The number of hydrogen-bond donors (Lipinski definition) is 2. The van der Waals surface area contributed by atoms with Gasteiger partial charge < -0.3 is 15.8 Å². The Balaban J connectivity index is 2.12. The Hall–Kier alpha value is -2.70. The third kappa shape index (κ3) is 4.64. The maximum Gasteiger partial charge on any atom is 0.240 e. The van der Waals surface area contributed by atoms with E-state index in [0.29, 0.717) is 5.75 Å². The standard InChI is InChI=1S/C16H19FN4O2/c1-3-10(2)14(15(18)22)21-16-19-9-8-13(20-16)23-12-6-4-11(17)5-7-12/h4-10,14H,3H2,1-2H3,(H2,18,22)(H,19,20,21). The molecule has 0 fully saturated rings. The van der Waals surface area contributed by atoms with Gasteiger partial charge in [-0.2, -0.15) is 4.98 Å². The molecular formula is C16H19FN4O2. The molecule has 0 radical (unpaired) electrons. The van der Waals surface area contributed by atoms with E-state index in [0.717, 1.165) is 6.42 Å². The van der Waals surface area contributed by atoms with E-state index >= 15 is 0 Å². The number of anilines is 1. The number of hydrogen-bond acceptors (Lipinski definition) is 5. The fourth-order valence-corrected chi connectivity index (χ4v) is 1.96. The molecule has 23 heavy (non-hydrogen) atoms. The van der Waals surface area contributed by atoms with E-state index in [1.54, 1.807) is 6.07 Å². The summed E-state index contributed by atoms with van der Waals surface area (Å²) in [5.74, 6) is 0.199. The van der Waals surface area contributed by atoms with Gasteiger partial charge in [-0.1, -0.05) is 20.3 Å². The number of primary amides is 1. The van der Waals surface area contributed by atoms with E-state index in [4.69, 9.17) is 10.5 Å². The van der Waals surface area contributed by atoms with Crippen LogP contribution in [0.25, 0.3) is 0 Å². The van der Waals surface area contributed by atoms with Crippen LogP contribution in [0.1, 0.15) is 20.3 Å². The number of halogens is 1. The van der Waals surface area contributed by atoms with Crippen LogP contribution in [0.15, 0.2) is 36.5 Å². The molecule has 1 aromatic heterocycles. The maximum absolute atomic E-state index is 12.9. The smallest absolute Gasteiger partial charge is 0.240 e. The summed E-state index contributed by atoms with van der Waals surface area (Å²) in [6.45, 7) is 3.89. The Kier molecular flexibility index (Phi) is 5.46. The zero-order chi connectivity index (χ0) is 16.8. The van der Waals surface area contributed by atoms with Crippen molar-refractivity contribution in [3.63, 3.8) is 0 Å². The monoisotopic (exact) mass is 318 g/mol. The molecule has 6 nitrogen and oxygen atoms in total. The first kappa shape index (κ1) is 16.7. The number of carbonyl (C=O) groups is 1. The summed E-state index contributed by atoms with van der Waals surface area (Å²) < 4.78 is 18.4. The molecular weight excluding hydrogens is 299 g/mol. The lowest BCUT2D eigenvalue weighted by molar-refractivity contribution is -0.119. The highest BCUT2D eigenvalue weighted by atomic mass is 19.1. The first-order valence-electron chi connectivity index (χ1n) is 7.32. The minimum atomic E-state index is -0.568. The van der Waals surface area contributed by atoms with E-state index in [2.05, 4.69) is 15.3 Å². The number of carbonyl (C=O) groups excluding carboxylic acids is 1. The molecule has 0 aliphatic carbocycles. The van der Waals surface area contributed by atoms with Crippen molar-refractivity contribution in [2.45, 2.75) is 26.3 Å². The Bertz CT molecular complexity index is 663. The van der Waals surface area contributed by atoms with Gasteiger partial charge in [-0.05, 0) is 30.2 Å². The number of aromatic nitrogens is 2. The average molecular weight is 318 g/mol. The van der Waals surface area contributed by atoms with E-state index in [1.165, 1.54) is 30.5 Å². The second-order valence-corrected chi connectivity index (χ2v) is 5.18. The van der Waals surface area contributed by atoms with Gasteiger partial charge in [0.15, 0.2) is 0 Å². The first-order chi connectivity index (χ1) is 11.0. The Morgan fingerprint density at radius 2 is 2.04 bits per heavy atom. The molecule has 2 atom stereocenters. The highest BCUT2D eigenvalue weighted by Gasteiger charge is 2.22. The van der Waals surface area contributed by atoms with Crippen LogP contribution >= 0.6 is 0 Å². The Labute approximate surface area is 133 Å². The van der Waals surface area contributed by atoms with Crippen molar-refractivity contribution >= 4 is 11.9 Å². The molecule has 122 valence electrons. The van der Waals surface area contributed by atoms with Crippen molar-refractivity contribution in [2.75, 3.05) is 5.32 Å². The Morgan fingerprint density at radius 1 is 1.35 bits per heavy atom. The van der Waals surface area contributed by atoms with Crippen molar-refractivity contribution in [3.05, 3.63) is 42.3 Å². The van der Waals surface area contributed by atoms with Gasteiger partial charge in [0, 0.05) is 12.3 Å². The van der Waals surface area contributed by atoms with Gasteiger partial charge in [0.05, 0.1) is 0 Å². The zero-order valence-corrected chi connectivity index (χ0v) is 13.0. The molecule has 3 N–H and O–H groups in total. The Morgan fingerprint density at radius 3 is 2.65 bits per heavy atom. The lowest BCUT2D eigenvalue weighted by Crippen LogP contribution is -2.40. The van der Waals surface area contributed by atoms with E-state index in [-0.39, 0.29) is 23.6 Å². The quantitative estimate of drug-likeness (QED) is 0.819. The van der Waals surface area contributed by atoms with Crippen molar-refractivity contribution in [2.24, 2.45) is 11.7 Å². The number of nitrogens with zero attached hydrogens (tertiary/aromatic N) is 2. The van der Waals surface area contributed by atoms with Crippen LogP contribution in [0, 0.1) is 11.7 Å². The number of nitrogens with one attached hydrogen (secondary N) is 1. The number of nitrogens with two attached hydrogens (primary N) is 1. The lowest BCUT2D eigenvalue weighted by Gasteiger charge is -2.21. The van der Waals surface area contributed by atoms with Crippen molar-refractivity contribution in [1.29, 1.82) is 0 Å². The normalized spacial score (nSPS) is 13.2. The van der Waals surface area contributed by atoms with E-state index in [1.807, 2.05) is 13.8 Å². The van der Waals surface area contributed by atoms with Gasteiger partial charge in [-0.15, -0.1) is 0 Å². The second kappa shape index (κ2) is 7.53. The van der Waals surface area contributed by atoms with Gasteiger partial charge in [0.2, 0.25) is 17.7 Å². The molecule has 1 amide bonds. The summed E-state index contributed by atoms with van der Waals surface area (Å²) >= 11 is 0. The minimum absolute atomic E-state index is 0.0396. The highest BCUT2D eigenvalue weighted by Crippen LogP contribution is 2.20. The zero-order valence-electron chi connectivity index (χ0n) is 13.0. The molecule has 0 spiro atoms. The molecule has 0 saturated carbocycles. The molecule has 0 aliphatic rings. The predicted molar refractivity (Wildman–Crippen MR) is 84.6 cm³/mol. The third-order valence-corrected chi connectivity index (χ3v) is 3.47. The van der Waals surface area contributed by atoms with E-state index in [9.17, 15) is 9.18 Å². The summed E-state index contributed by atoms with van der Waals surface area (Å²) in [6, 6.07) is 6.58. The van der Waals surface area contributed by atoms with Gasteiger partial charge in [-0.25, -0.2) is 9.37 Å². The maximum atomic E-state index is 12.9. The van der Waals surface area contributed by atoms with Crippen LogP contribution in [0.5, 0.6) is 11.6 Å². The van der Waals surface area contributed by atoms with Gasteiger partial charge in [-0.3, -0.25) is 4.79 Å². The highest BCUT2D eigenvalue weighted by molar-refractivity contribution is 5.82. The molecule has 1 aromatic carbocycles. The lowest BCUT2D eigenvalue weighted by atomic mass is 9.99. The molecule has 2 aromatic rings. The van der Waals surface area contributed by atoms with Crippen molar-refractivity contribution in [3.8, 4) is 11.6 Å². The topological polar surface area (TPSA) is 90.1 Å². The molecule has 0 bridgehead atoms. The summed E-state index contributed by atoms with van der Waals surface area (Å²) in [5.41, 5.74) is 5.41. The van der Waals surface area contributed by atoms with Crippen LogP contribution in [0.4, 0.5) is 10.3 Å². The predicted octanol–water partition coefficient (Wildman–Crippen LogP) is 2.72. The number of rotatable bonds is 7. The van der Waals surface area contributed by atoms with Crippen LogP contribution < -0.4 is 15.8 Å². The molecule has 1 heterocycles. The van der Waals surface area contributed by atoms with Crippen LogP contribution in [0.2, 0.25) is 0 Å².